The molecule has 5 nitrogen and oxygen atoms in total. The number of fused-ring (bicyclic) bond motifs is 1. The van der Waals surface area contributed by atoms with Gasteiger partial charge in [0.05, 0.1) is 17.7 Å². The molecule has 1 aromatic heterocycles. The Hall–Kier alpha value is -1.88. The number of nitrogens with one attached hydrogen (secondary N) is 2. The minimum Gasteiger partial charge on any atom is -0.309 e. The zero-order valence-corrected chi connectivity index (χ0v) is 9.66. The number of aromatic amines is 1. The second-order valence-electron chi connectivity index (χ2n) is 4.24. The second-order valence-corrected chi connectivity index (χ2v) is 4.24. The molecule has 1 amide bonds. The van der Waals surface area contributed by atoms with Gasteiger partial charge < -0.3 is 10.2 Å². The average molecular weight is 230 g/mol. The molecular formula is C12H14N4O. The van der Waals surface area contributed by atoms with Crippen LogP contribution in [0, 0.1) is 6.92 Å². The van der Waals surface area contributed by atoms with Crippen LogP contribution >= 0.6 is 0 Å². The number of carbonyl (C=O) groups excluding carboxylic acids is 1. The van der Waals surface area contributed by atoms with Gasteiger partial charge >= 0.3 is 0 Å². The predicted octanol–water partition coefficient (Wildman–Crippen LogP) is 0.808. The molecule has 5 heteroatoms. The maximum atomic E-state index is 11.9. The molecule has 0 aliphatic carbocycles. The smallest absolute Gasteiger partial charge is 0.241 e. The monoisotopic (exact) mass is 230 g/mol. The number of H-pyrrole nitrogens is 1. The molecule has 17 heavy (non-hydrogen) atoms. The van der Waals surface area contributed by atoms with Gasteiger partial charge in [-0.25, -0.2) is 0 Å². The summed E-state index contributed by atoms with van der Waals surface area (Å²) in [6, 6.07) is 5.87. The number of anilines is 1. The van der Waals surface area contributed by atoms with Crippen molar-refractivity contribution >= 4 is 22.5 Å². The van der Waals surface area contributed by atoms with Crippen LogP contribution in [0.3, 0.4) is 0 Å². The van der Waals surface area contributed by atoms with Crippen molar-refractivity contribution < 1.29 is 4.79 Å². The van der Waals surface area contributed by atoms with Crippen LogP contribution in [0.25, 0.3) is 10.9 Å². The minimum absolute atomic E-state index is 0.115. The third kappa shape index (κ3) is 1.59. The number of amides is 1. The largest absolute Gasteiger partial charge is 0.309 e. The first-order valence-electron chi connectivity index (χ1n) is 5.72. The van der Waals surface area contributed by atoms with Gasteiger partial charge in [0, 0.05) is 24.2 Å². The lowest BCUT2D eigenvalue weighted by atomic mass is 10.1. The molecule has 1 saturated heterocycles. The van der Waals surface area contributed by atoms with Crippen LogP contribution in [0.1, 0.15) is 5.69 Å². The first kappa shape index (κ1) is 10.3. The summed E-state index contributed by atoms with van der Waals surface area (Å²) in [4.78, 5) is 13.7. The van der Waals surface area contributed by atoms with Crippen molar-refractivity contribution in [2.45, 2.75) is 6.92 Å². The first-order valence-corrected chi connectivity index (χ1v) is 5.72. The highest BCUT2D eigenvalue weighted by Crippen LogP contribution is 2.28. The molecule has 0 radical (unpaired) electrons. The Morgan fingerprint density at radius 2 is 2.29 bits per heavy atom. The van der Waals surface area contributed by atoms with Crippen LogP contribution in [-0.4, -0.2) is 35.7 Å². The fraction of sp³-hybridized carbons (Fsp3) is 0.333. The Labute approximate surface area is 98.8 Å². The van der Waals surface area contributed by atoms with Gasteiger partial charge in [-0.15, -0.1) is 0 Å². The first-order chi connectivity index (χ1) is 8.27. The molecule has 1 aliphatic heterocycles. The van der Waals surface area contributed by atoms with Crippen LogP contribution in [0.5, 0.6) is 0 Å². The topological polar surface area (TPSA) is 61.0 Å². The molecule has 0 bridgehead atoms. The van der Waals surface area contributed by atoms with Crippen LogP contribution in [-0.2, 0) is 4.79 Å². The van der Waals surface area contributed by atoms with E-state index in [4.69, 9.17) is 0 Å². The number of carbonyl (C=O) groups is 1. The van der Waals surface area contributed by atoms with E-state index in [9.17, 15) is 4.79 Å². The number of hydrogen-bond acceptors (Lipinski definition) is 3. The van der Waals surface area contributed by atoms with E-state index in [2.05, 4.69) is 15.5 Å². The normalized spacial score (nSPS) is 16.8. The highest BCUT2D eigenvalue weighted by atomic mass is 16.2. The van der Waals surface area contributed by atoms with E-state index in [-0.39, 0.29) is 5.91 Å². The summed E-state index contributed by atoms with van der Waals surface area (Å²) < 4.78 is 0. The molecular weight excluding hydrogens is 216 g/mol. The molecule has 1 fully saturated rings. The Morgan fingerprint density at radius 1 is 1.41 bits per heavy atom. The number of hydrogen-bond donors (Lipinski definition) is 2. The van der Waals surface area contributed by atoms with Crippen molar-refractivity contribution in [1.29, 1.82) is 0 Å². The van der Waals surface area contributed by atoms with Gasteiger partial charge in [0.1, 0.15) is 0 Å². The number of nitrogens with zero attached hydrogens (tertiary/aromatic N) is 2. The molecule has 1 aliphatic rings. The van der Waals surface area contributed by atoms with Crippen molar-refractivity contribution in [2.75, 3.05) is 24.5 Å². The Balaban J connectivity index is 2.15. The Bertz CT molecular complexity index is 575. The lowest BCUT2D eigenvalue weighted by Gasteiger charge is -2.28. The summed E-state index contributed by atoms with van der Waals surface area (Å²) in [5, 5.41) is 11.3. The lowest BCUT2D eigenvalue weighted by Crippen LogP contribution is -2.48. The van der Waals surface area contributed by atoms with E-state index in [1.165, 1.54) is 0 Å². The molecule has 0 unspecified atom stereocenters. The van der Waals surface area contributed by atoms with E-state index < -0.39 is 0 Å². The van der Waals surface area contributed by atoms with E-state index in [1.54, 1.807) is 0 Å². The third-order valence-corrected chi connectivity index (χ3v) is 3.12. The standard InChI is InChI=1S/C12H14N4O/c1-8-12-9(15-14-8)3-2-4-10(12)16-6-5-13-7-11(16)17/h2-4,13H,5-7H2,1H3,(H,14,15). The van der Waals surface area contributed by atoms with Crippen molar-refractivity contribution in [3.63, 3.8) is 0 Å². The number of rotatable bonds is 1. The lowest BCUT2D eigenvalue weighted by molar-refractivity contribution is -0.118. The van der Waals surface area contributed by atoms with E-state index in [0.29, 0.717) is 13.1 Å². The van der Waals surface area contributed by atoms with Crippen molar-refractivity contribution in [2.24, 2.45) is 0 Å². The zero-order valence-electron chi connectivity index (χ0n) is 9.66. The van der Waals surface area contributed by atoms with Crippen molar-refractivity contribution in [3.05, 3.63) is 23.9 Å². The van der Waals surface area contributed by atoms with Gasteiger partial charge in [-0.3, -0.25) is 9.89 Å². The molecule has 2 aromatic rings. The summed E-state index contributed by atoms with van der Waals surface area (Å²) in [6.07, 6.45) is 0. The van der Waals surface area contributed by atoms with Gasteiger partial charge in [0.15, 0.2) is 0 Å². The van der Waals surface area contributed by atoms with Crippen molar-refractivity contribution in [1.82, 2.24) is 15.5 Å². The molecule has 88 valence electrons. The maximum absolute atomic E-state index is 11.9. The average Bonchev–Trinajstić information content (AvgIpc) is 2.72. The fourth-order valence-corrected chi connectivity index (χ4v) is 2.29. The van der Waals surface area contributed by atoms with Crippen LogP contribution < -0.4 is 10.2 Å². The summed E-state index contributed by atoms with van der Waals surface area (Å²) in [5.41, 5.74) is 2.87. The molecule has 1 aromatic carbocycles. The van der Waals surface area contributed by atoms with Gasteiger partial charge in [0.2, 0.25) is 5.91 Å². The van der Waals surface area contributed by atoms with Gasteiger partial charge in [-0.1, -0.05) is 6.07 Å². The summed E-state index contributed by atoms with van der Waals surface area (Å²) >= 11 is 0. The number of benzene rings is 1. The number of aryl methyl sites for hydroxylation is 1. The summed E-state index contributed by atoms with van der Waals surface area (Å²) in [6.45, 7) is 3.93. The van der Waals surface area contributed by atoms with E-state index in [0.717, 1.165) is 28.8 Å². The zero-order chi connectivity index (χ0) is 11.8. The van der Waals surface area contributed by atoms with Crippen LogP contribution in [0.4, 0.5) is 5.69 Å². The molecule has 2 heterocycles. The summed E-state index contributed by atoms with van der Waals surface area (Å²) in [7, 11) is 0. The molecule has 0 atom stereocenters. The highest BCUT2D eigenvalue weighted by Gasteiger charge is 2.22. The molecule has 3 rings (SSSR count). The van der Waals surface area contributed by atoms with Crippen molar-refractivity contribution in [3.8, 4) is 0 Å². The quantitative estimate of drug-likeness (QED) is 0.762. The predicted molar refractivity (Wildman–Crippen MR) is 66.1 cm³/mol. The molecule has 0 saturated carbocycles. The minimum atomic E-state index is 0.115. The van der Waals surface area contributed by atoms with Crippen LogP contribution in [0.15, 0.2) is 18.2 Å². The Kier molecular flexibility index (Phi) is 2.33. The SMILES string of the molecule is Cc1[nH]nc2cccc(N3CCNCC3=O)c12. The number of piperazine rings is 1. The number of aromatic nitrogens is 2. The maximum Gasteiger partial charge on any atom is 0.241 e. The van der Waals surface area contributed by atoms with E-state index in [1.807, 2.05) is 30.0 Å². The van der Waals surface area contributed by atoms with E-state index >= 15 is 0 Å². The van der Waals surface area contributed by atoms with Gasteiger partial charge in [-0.05, 0) is 19.1 Å². The van der Waals surface area contributed by atoms with Gasteiger partial charge in [-0.2, -0.15) is 5.10 Å². The Morgan fingerprint density at radius 3 is 3.12 bits per heavy atom. The highest BCUT2D eigenvalue weighted by molar-refractivity contribution is 6.04. The van der Waals surface area contributed by atoms with Crippen LogP contribution in [0.2, 0.25) is 0 Å². The molecule has 0 spiro atoms. The fourth-order valence-electron chi connectivity index (χ4n) is 2.29. The third-order valence-electron chi connectivity index (χ3n) is 3.12. The second kappa shape index (κ2) is 3.85. The summed E-state index contributed by atoms with van der Waals surface area (Å²) in [5.74, 6) is 0.115. The molecule has 2 N–H and O–H groups in total. The van der Waals surface area contributed by atoms with Gasteiger partial charge in [0.25, 0.3) is 0 Å².